The number of hydrogen-bond donors (Lipinski definition) is 4. The van der Waals surface area contributed by atoms with E-state index in [1.165, 1.54) is 12.2 Å². The van der Waals surface area contributed by atoms with Gasteiger partial charge in [-0.2, -0.15) is 0 Å². The number of nitrogens with zero attached hydrogens (tertiary/aromatic N) is 1. The highest BCUT2D eigenvalue weighted by atomic mass is 16.3. The maximum Gasteiger partial charge on any atom is 0.178 e. The minimum atomic E-state index is -0.0754. The van der Waals surface area contributed by atoms with E-state index in [9.17, 15) is 9.90 Å². The maximum absolute atomic E-state index is 11.4. The van der Waals surface area contributed by atoms with Gasteiger partial charge >= 0.3 is 0 Å². The Hall–Kier alpha value is -4.32. The molecule has 3 aromatic carbocycles. The Balaban J connectivity index is 1.75. The molecule has 0 fully saturated rings. The second-order valence-electron chi connectivity index (χ2n) is 7.18. The predicted molar refractivity (Wildman–Crippen MR) is 127 cm³/mol. The van der Waals surface area contributed by atoms with E-state index in [0.29, 0.717) is 28.5 Å². The van der Waals surface area contributed by atoms with Crippen molar-refractivity contribution in [3.63, 3.8) is 0 Å². The number of ketones is 1. The summed E-state index contributed by atoms with van der Waals surface area (Å²) in [6.07, 6.45) is 6.28. The summed E-state index contributed by atoms with van der Waals surface area (Å²) in [7, 11) is 0. The summed E-state index contributed by atoms with van der Waals surface area (Å²) in [5.74, 6) is -0.00427. The average molecular weight is 410 g/mol. The molecule has 0 saturated heterocycles. The van der Waals surface area contributed by atoms with E-state index in [4.69, 9.17) is 10.7 Å². The highest BCUT2D eigenvalue weighted by Gasteiger charge is 2.12. The average Bonchev–Trinajstić information content (AvgIpc) is 2.76. The van der Waals surface area contributed by atoms with Gasteiger partial charge in [-0.15, -0.1) is 0 Å². The lowest BCUT2D eigenvalue weighted by Gasteiger charge is -2.16. The van der Waals surface area contributed by atoms with Crippen LogP contribution in [0.15, 0.2) is 90.0 Å². The highest BCUT2D eigenvalue weighted by Crippen LogP contribution is 2.39. The number of carbonyl (C=O) groups excluding carboxylic acids is 1. The number of rotatable bonds is 5. The molecule has 31 heavy (non-hydrogen) atoms. The minimum Gasteiger partial charge on any atom is -0.506 e. The summed E-state index contributed by atoms with van der Waals surface area (Å²) in [6, 6.07) is 18.5. The van der Waals surface area contributed by atoms with Crippen LogP contribution in [-0.2, 0) is 4.79 Å². The molecule has 0 heterocycles. The van der Waals surface area contributed by atoms with Gasteiger partial charge in [-0.1, -0.05) is 18.2 Å². The number of anilines is 5. The van der Waals surface area contributed by atoms with Crippen LogP contribution in [0.1, 0.15) is 5.56 Å². The first-order valence-corrected chi connectivity index (χ1v) is 9.79. The Morgan fingerprint density at radius 2 is 1.55 bits per heavy atom. The van der Waals surface area contributed by atoms with Crippen molar-refractivity contribution in [3.05, 3.63) is 90.5 Å². The molecule has 0 atom stereocenters. The maximum atomic E-state index is 11.4. The molecule has 0 saturated carbocycles. The molecule has 0 spiro atoms. The fraction of sp³-hybridized carbons (Fsp3) is 0.0400. The quantitative estimate of drug-likeness (QED) is 0.251. The number of carbonyl (C=O) groups is 1. The molecular formula is C25H22N4O2. The lowest BCUT2D eigenvalue weighted by atomic mass is 10.1. The van der Waals surface area contributed by atoms with Gasteiger partial charge in [0.15, 0.2) is 5.78 Å². The second-order valence-corrected chi connectivity index (χ2v) is 7.18. The summed E-state index contributed by atoms with van der Waals surface area (Å²) in [6.45, 7) is 2.00. The molecule has 0 unspecified atom stereocenters. The molecule has 6 nitrogen and oxygen atoms in total. The van der Waals surface area contributed by atoms with Gasteiger partial charge < -0.3 is 21.5 Å². The number of allylic oxidation sites excluding steroid dienone is 4. The van der Waals surface area contributed by atoms with Gasteiger partial charge in [0.1, 0.15) is 5.75 Å². The minimum absolute atomic E-state index is 0.0711. The lowest BCUT2D eigenvalue weighted by Crippen LogP contribution is -2.00. The summed E-state index contributed by atoms with van der Waals surface area (Å²) in [5, 5.41) is 17.2. The molecule has 154 valence electrons. The molecule has 3 aromatic rings. The zero-order chi connectivity index (χ0) is 21.8. The number of aliphatic imine (C=N–C) groups is 1. The van der Waals surface area contributed by atoms with Gasteiger partial charge in [0.25, 0.3) is 0 Å². The largest absolute Gasteiger partial charge is 0.506 e. The van der Waals surface area contributed by atoms with Crippen molar-refractivity contribution in [2.45, 2.75) is 6.92 Å². The van der Waals surface area contributed by atoms with Crippen LogP contribution >= 0.6 is 0 Å². The molecule has 0 bridgehead atoms. The van der Waals surface area contributed by atoms with Crippen molar-refractivity contribution in [1.82, 2.24) is 0 Å². The van der Waals surface area contributed by atoms with Crippen LogP contribution in [0.25, 0.3) is 0 Å². The van der Waals surface area contributed by atoms with Crippen molar-refractivity contribution in [1.29, 1.82) is 0 Å². The third-order valence-electron chi connectivity index (χ3n) is 4.80. The SMILES string of the molecule is Cc1ccccc1Nc1cc(O)c(Nc2ccc(N)cc2)cc1N=C1C=CC(=O)C=C1. The molecule has 0 aromatic heterocycles. The van der Waals surface area contributed by atoms with E-state index in [1.807, 2.05) is 43.3 Å². The number of phenols is 1. The first kappa shape index (κ1) is 20.0. The van der Waals surface area contributed by atoms with Crippen molar-refractivity contribution in [3.8, 4) is 5.75 Å². The fourth-order valence-corrected chi connectivity index (χ4v) is 3.11. The van der Waals surface area contributed by atoms with Gasteiger partial charge in [-0.05, 0) is 73.2 Å². The van der Waals surface area contributed by atoms with Gasteiger partial charge in [0.05, 0.1) is 22.8 Å². The van der Waals surface area contributed by atoms with Crippen molar-refractivity contribution in [2.24, 2.45) is 4.99 Å². The van der Waals surface area contributed by atoms with Crippen LogP contribution in [0.4, 0.5) is 34.1 Å². The van der Waals surface area contributed by atoms with Gasteiger partial charge in [-0.25, -0.2) is 4.99 Å². The Kier molecular flexibility index (Phi) is 5.53. The Morgan fingerprint density at radius 1 is 0.839 bits per heavy atom. The molecule has 0 amide bonds. The normalized spacial score (nSPS) is 12.7. The monoisotopic (exact) mass is 410 g/mol. The van der Waals surface area contributed by atoms with Crippen LogP contribution < -0.4 is 16.4 Å². The first-order chi connectivity index (χ1) is 15.0. The van der Waals surface area contributed by atoms with Crippen molar-refractivity contribution >= 4 is 45.6 Å². The smallest absolute Gasteiger partial charge is 0.178 e. The van der Waals surface area contributed by atoms with Gasteiger partial charge in [0.2, 0.25) is 0 Å². The number of nitrogen functional groups attached to an aromatic ring is 1. The van der Waals surface area contributed by atoms with Gasteiger partial charge in [-0.3, -0.25) is 4.79 Å². The number of aryl methyl sites for hydroxylation is 1. The number of aromatic hydroxyl groups is 1. The third kappa shape index (κ3) is 4.82. The lowest BCUT2D eigenvalue weighted by molar-refractivity contribution is -0.110. The molecule has 1 aliphatic carbocycles. The number of hydrogen-bond acceptors (Lipinski definition) is 6. The Morgan fingerprint density at radius 3 is 2.26 bits per heavy atom. The number of nitrogens with one attached hydrogen (secondary N) is 2. The van der Waals surface area contributed by atoms with Gasteiger partial charge in [0, 0.05) is 23.1 Å². The molecular weight excluding hydrogens is 388 g/mol. The van der Waals surface area contributed by atoms with E-state index in [1.54, 1.807) is 36.4 Å². The van der Waals surface area contributed by atoms with Crippen LogP contribution in [-0.4, -0.2) is 16.6 Å². The first-order valence-electron chi connectivity index (χ1n) is 9.79. The fourth-order valence-electron chi connectivity index (χ4n) is 3.11. The van der Waals surface area contributed by atoms with E-state index in [2.05, 4.69) is 10.6 Å². The molecule has 0 aliphatic heterocycles. The van der Waals surface area contributed by atoms with Crippen molar-refractivity contribution in [2.75, 3.05) is 16.4 Å². The van der Waals surface area contributed by atoms with E-state index >= 15 is 0 Å². The molecule has 0 radical (unpaired) electrons. The third-order valence-corrected chi connectivity index (χ3v) is 4.80. The van der Waals surface area contributed by atoms with Crippen LogP contribution in [0.3, 0.4) is 0 Å². The topological polar surface area (TPSA) is 99.7 Å². The molecule has 1 aliphatic rings. The molecule has 5 N–H and O–H groups in total. The molecule has 4 rings (SSSR count). The van der Waals surface area contributed by atoms with Crippen LogP contribution in [0.5, 0.6) is 5.75 Å². The number of nitrogens with two attached hydrogens (primary N) is 1. The predicted octanol–water partition coefficient (Wildman–Crippen LogP) is 5.54. The van der Waals surface area contributed by atoms with Crippen LogP contribution in [0.2, 0.25) is 0 Å². The van der Waals surface area contributed by atoms with Crippen molar-refractivity contribution < 1.29 is 9.90 Å². The summed E-state index contributed by atoms with van der Waals surface area (Å²) >= 11 is 0. The highest BCUT2D eigenvalue weighted by molar-refractivity contribution is 6.17. The van der Waals surface area contributed by atoms with E-state index in [0.717, 1.165) is 16.9 Å². The van der Waals surface area contributed by atoms with E-state index < -0.39 is 0 Å². The number of benzene rings is 3. The zero-order valence-electron chi connectivity index (χ0n) is 17.0. The summed E-state index contributed by atoms with van der Waals surface area (Å²) < 4.78 is 0. The zero-order valence-corrected chi connectivity index (χ0v) is 17.0. The Labute approximate surface area is 180 Å². The standard InChI is InChI=1S/C25H22N4O2/c1-16-4-2-3-5-21(16)29-23-15-25(31)24(28-18-8-6-17(26)7-9-18)14-22(23)27-19-10-12-20(30)13-11-19/h2-15,28-29,31H,26H2,1H3. The van der Waals surface area contributed by atoms with E-state index in [-0.39, 0.29) is 11.5 Å². The van der Waals surface area contributed by atoms with Crippen LogP contribution in [0, 0.1) is 6.92 Å². The number of para-hydroxylation sites is 1. The molecule has 6 heteroatoms. The summed E-state index contributed by atoms with van der Waals surface area (Å²) in [5.41, 5.74) is 11.5. The second kappa shape index (κ2) is 8.59. The Bertz CT molecular complexity index is 1210. The summed E-state index contributed by atoms with van der Waals surface area (Å²) in [4.78, 5) is 16.1. The number of phenolic OH excluding ortho intramolecular Hbond substituents is 1.